The number of hydrogen-bond donors (Lipinski definition) is 0. The van der Waals surface area contributed by atoms with Gasteiger partial charge in [-0.1, -0.05) is 0 Å². The Morgan fingerprint density at radius 2 is 1.81 bits per heavy atom. The van der Waals surface area contributed by atoms with E-state index in [0.717, 1.165) is 19.2 Å². The SMILES string of the molecule is COc1c(Oc2cc(C(F)(F)F)c(F)cc2C2BOOC2)ccc(F)c1F. The van der Waals surface area contributed by atoms with Crippen molar-refractivity contribution in [3.05, 3.63) is 52.8 Å². The van der Waals surface area contributed by atoms with Crippen molar-refractivity contribution < 1.29 is 45.5 Å². The molecule has 0 aliphatic carbocycles. The summed E-state index contributed by atoms with van der Waals surface area (Å²) in [6, 6.07) is 2.82. The number of methoxy groups -OCH3 is 1. The maximum atomic E-state index is 14.0. The Morgan fingerprint density at radius 1 is 1.07 bits per heavy atom. The van der Waals surface area contributed by atoms with Crippen molar-refractivity contribution in [1.82, 2.24) is 0 Å². The van der Waals surface area contributed by atoms with Gasteiger partial charge in [0.25, 0.3) is 0 Å². The summed E-state index contributed by atoms with van der Waals surface area (Å²) in [5.41, 5.74) is -1.55. The van der Waals surface area contributed by atoms with Gasteiger partial charge in [-0.3, -0.25) is 4.89 Å². The van der Waals surface area contributed by atoms with Gasteiger partial charge >= 0.3 is 13.7 Å². The molecule has 1 unspecified atom stereocenters. The third kappa shape index (κ3) is 3.83. The average Bonchev–Trinajstić information content (AvgIpc) is 3.13. The molecule has 27 heavy (non-hydrogen) atoms. The summed E-state index contributed by atoms with van der Waals surface area (Å²) in [6.45, 7) is -0.0456. The zero-order chi connectivity index (χ0) is 19.8. The summed E-state index contributed by atoms with van der Waals surface area (Å²) >= 11 is 0. The van der Waals surface area contributed by atoms with E-state index < -0.39 is 46.5 Å². The second kappa shape index (κ2) is 7.32. The predicted molar refractivity (Wildman–Crippen MR) is 81.3 cm³/mol. The van der Waals surface area contributed by atoms with Gasteiger partial charge in [0.1, 0.15) is 11.6 Å². The van der Waals surface area contributed by atoms with Gasteiger partial charge in [-0.2, -0.15) is 17.6 Å². The number of benzene rings is 2. The first-order valence-electron chi connectivity index (χ1n) is 7.57. The summed E-state index contributed by atoms with van der Waals surface area (Å²) in [5, 5.41) is 0. The molecule has 0 aromatic heterocycles. The van der Waals surface area contributed by atoms with Crippen molar-refractivity contribution in [3.63, 3.8) is 0 Å². The minimum Gasteiger partial charge on any atom is -0.490 e. The molecule has 1 aliphatic rings. The van der Waals surface area contributed by atoms with Crippen LogP contribution in [0.4, 0.5) is 26.3 Å². The van der Waals surface area contributed by atoms with E-state index in [0.29, 0.717) is 12.1 Å². The minimum absolute atomic E-state index is 0.0183. The van der Waals surface area contributed by atoms with Gasteiger partial charge < -0.3 is 14.3 Å². The zero-order valence-corrected chi connectivity index (χ0v) is 13.7. The Balaban J connectivity index is 2.11. The highest BCUT2D eigenvalue weighted by atomic mass is 19.4. The quantitative estimate of drug-likeness (QED) is 0.443. The highest BCUT2D eigenvalue weighted by molar-refractivity contribution is 6.30. The fraction of sp³-hybridized carbons (Fsp3) is 0.250. The third-order valence-corrected chi connectivity index (χ3v) is 3.90. The van der Waals surface area contributed by atoms with Crippen LogP contribution in [-0.2, 0) is 15.9 Å². The van der Waals surface area contributed by atoms with E-state index in [9.17, 15) is 26.3 Å². The monoisotopic (exact) mass is 392 g/mol. The molecule has 1 aliphatic heterocycles. The Morgan fingerprint density at radius 3 is 2.41 bits per heavy atom. The minimum atomic E-state index is -4.98. The van der Waals surface area contributed by atoms with E-state index in [1.54, 1.807) is 0 Å². The van der Waals surface area contributed by atoms with Crippen LogP contribution in [0.1, 0.15) is 16.9 Å². The largest absolute Gasteiger partial charge is 0.490 e. The maximum absolute atomic E-state index is 14.0. The molecular weight excluding hydrogens is 381 g/mol. The molecule has 3 rings (SSSR count). The fourth-order valence-corrected chi connectivity index (χ4v) is 2.58. The smallest absolute Gasteiger partial charge is 0.419 e. The predicted octanol–water partition coefficient (Wildman–Crippen LogP) is 4.28. The molecule has 0 bridgehead atoms. The first-order valence-corrected chi connectivity index (χ1v) is 7.57. The Hall–Kier alpha value is -2.40. The number of halogens is 6. The molecule has 2 aromatic rings. The first kappa shape index (κ1) is 19.4. The summed E-state index contributed by atoms with van der Waals surface area (Å²) in [5.74, 6) is -6.15. The summed E-state index contributed by atoms with van der Waals surface area (Å²) < 4.78 is 90.4. The fourth-order valence-electron chi connectivity index (χ4n) is 2.58. The molecule has 0 spiro atoms. The number of rotatable bonds is 4. The van der Waals surface area contributed by atoms with E-state index in [2.05, 4.69) is 0 Å². The zero-order valence-electron chi connectivity index (χ0n) is 13.7. The molecule has 0 radical (unpaired) electrons. The van der Waals surface area contributed by atoms with Crippen molar-refractivity contribution in [3.8, 4) is 17.2 Å². The van der Waals surface area contributed by atoms with Gasteiger partial charge in [0.2, 0.25) is 11.6 Å². The Kier molecular flexibility index (Phi) is 5.25. The number of ether oxygens (including phenoxy) is 2. The topological polar surface area (TPSA) is 36.9 Å². The Bertz CT molecular complexity index is 852. The molecule has 0 N–H and O–H groups in total. The molecule has 0 saturated carbocycles. The van der Waals surface area contributed by atoms with Gasteiger partial charge in [-0.25, -0.2) is 8.78 Å². The van der Waals surface area contributed by atoms with E-state index in [4.69, 9.17) is 19.2 Å². The third-order valence-electron chi connectivity index (χ3n) is 3.90. The van der Waals surface area contributed by atoms with Crippen LogP contribution in [0.5, 0.6) is 17.2 Å². The number of hydrogen-bond acceptors (Lipinski definition) is 4. The van der Waals surface area contributed by atoms with Crippen LogP contribution in [-0.4, -0.2) is 21.2 Å². The summed E-state index contributed by atoms with van der Waals surface area (Å²) in [6.07, 6.45) is -4.98. The number of alkyl halides is 3. The molecule has 1 atom stereocenters. The highest BCUT2D eigenvalue weighted by Crippen LogP contribution is 2.42. The molecular formula is C16H11BF6O4. The maximum Gasteiger partial charge on any atom is 0.419 e. The lowest BCUT2D eigenvalue weighted by Crippen LogP contribution is -2.13. The van der Waals surface area contributed by atoms with Crippen LogP contribution in [0.2, 0.25) is 0 Å². The van der Waals surface area contributed by atoms with Gasteiger partial charge in [-0.15, -0.1) is 0 Å². The average molecular weight is 392 g/mol. The van der Waals surface area contributed by atoms with Crippen LogP contribution < -0.4 is 9.47 Å². The molecule has 144 valence electrons. The lowest BCUT2D eigenvalue weighted by atomic mass is 9.76. The van der Waals surface area contributed by atoms with Gasteiger partial charge in [0.15, 0.2) is 11.6 Å². The molecule has 11 heteroatoms. The lowest BCUT2D eigenvalue weighted by molar-refractivity contribution is -0.183. The van der Waals surface area contributed by atoms with E-state index >= 15 is 0 Å². The van der Waals surface area contributed by atoms with Crippen molar-refractivity contribution in [2.75, 3.05) is 13.7 Å². The van der Waals surface area contributed by atoms with Gasteiger partial charge in [-0.05, 0) is 29.8 Å². The van der Waals surface area contributed by atoms with E-state index in [1.165, 1.54) is 0 Å². The molecule has 1 saturated heterocycles. The first-order chi connectivity index (χ1) is 12.7. The second-order valence-corrected chi connectivity index (χ2v) is 5.63. The van der Waals surface area contributed by atoms with Crippen LogP contribution in [0.25, 0.3) is 0 Å². The van der Waals surface area contributed by atoms with E-state index in [1.807, 2.05) is 0 Å². The molecule has 2 aromatic carbocycles. The van der Waals surface area contributed by atoms with Crippen LogP contribution in [0.15, 0.2) is 24.3 Å². The summed E-state index contributed by atoms with van der Waals surface area (Å²) in [7, 11) is 0.992. The summed E-state index contributed by atoms with van der Waals surface area (Å²) in [4.78, 5) is 9.40. The van der Waals surface area contributed by atoms with Gasteiger partial charge in [0.05, 0.1) is 19.3 Å². The van der Waals surface area contributed by atoms with Crippen LogP contribution in [0.3, 0.4) is 0 Å². The van der Waals surface area contributed by atoms with Crippen molar-refractivity contribution in [1.29, 1.82) is 0 Å². The Labute approximate surface area is 149 Å². The lowest BCUT2D eigenvalue weighted by Gasteiger charge is -2.18. The molecule has 1 heterocycles. The van der Waals surface area contributed by atoms with Crippen molar-refractivity contribution in [2.45, 2.75) is 12.0 Å². The second-order valence-electron chi connectivity index (χ2n) is 5.63. The van der Waals surface area contributed by atoms with E-state index in [-0.39, 0.29) is 25.4 Å². The van der Waals surface area contributed by atoms with Crippen LogP contribution >= 0.6 is 0 Å². The standard InChI is InChI=1S/C16H11BF6O4/c1-24-15-12(3-2-10(18)14(15)20)26-13-5-8(16(21,22)23)11(19)4-7(13)9-6-25-27-17-9/h2-5,9,17H,6H2,1H3. The van der Waals surface area contributed by atoms with Crippen LogP contribution in [0, 0.1) is 17.5 Å². The van der Waals surface area contributed by atoms with Gasteiger partial charge in [0, 0.05) is 5.82 Å². The molecule has 1 fully saturated rings. The molecule has 0 amide bonds. The van der Waals surface area contributed by atoms with Crippen molar-refractivity contribution in [2.24, 2.45) is 0 Å². The normalized spacial score (nSPS) is 16.9. The molecule has 4 nitrogen and oxygen atoms in total. The highest BCUT2D eigenvalue weighted by Gasteiger charge is 2.37. The van der Waals surface area contributed by atoms with Crippen molar-refractivity contribution >= 4 is 7.48 Å².